The number of aryl methyl sites for hydroxylation is 1. The third kappa shape index (κ3) is 5.27. The van der Waals surface area contributed by atoms with E-state index in [-0.39, 0.29) is 47.7 Å². The van der Waals surface area contributed by atoms with E-state index in [1.165, 1.54) is 27.3 Å². The zero-order chi connectivity index (χ0) is 29.7. The number of fused-ring (bicyclic) bond motifs is 1. The average Bonchev–Trinajstić information content (AvgIpc) is 3.23. The molecule has 0 unspecified atom stereocenters. The van der Waals surface area contributed by atoms with Crippen molar-refractivity contribution in [2.24, 2.45) is 7.05 Å². The zero-order valence-electron chi connectivity index (χ0n) is 22.2. The van der Waals surface area contributed by atoms with Gasteiger partial charge >= 0.3 is 6.18 Å². The molecule has 1 aromatic carbocycles. The molecule has 15 heteroatoms. The number of carbonyl (C=O) groups excluding carboxylic acids is 2. The van der Waals surface area contributed by atoms with Crippen LogP contribution in [-0.4, -0.2) is 55.2 Å². The lowest BCUT2D eigenvalue weighted by atomic mass is 9.98. The lowest BCUT2D eigenvalue weighted by molar-refractivity contribution is -0.137. The zero-order valence-corrected chi connectivity index (χ0v) is 23.7. The van der Waals surface area contributed by atoms with E-state index in [0.717, 1.165) is 12.1 Å². The quantitative estimate of drug-likeness (QED) is 0.457. The van der Waals surface area contributed by atoms with Gasteiger partial charge in [0.2, 0.25) is 5.95 Å². The number of anilines is 1. The van der Waals surface area contributed by atoms with E-state index in [0.29, 0.717) is 5.56 Å². The molecule has 0 fully saturated rings. The monoisotopic (exact) mass is 599 g/mol. The minimum Gasteiger partial charge on any atom is -0.354 e. The lowest BCUT2D eigenvalue weighted by Gasteiger charge is -2.35. The van der Waals surface area contributed by atoms with Crippen LogP contribution in [0.4, 0.5) is 19.1 Å². The molecule has 2 aromatic heterocycles. The first-order chi connectivity index (χ1) is 18.6. The van der Waals surface area contributed by atoms with E-state index in [4.69, 9.17) is 23.2 Å². The van der Waals surface area contributed by atoms with Gasteiger partial charge in [0.1, 0.15) is 5.69 Å². The maximum atomic E-state index is 13.8. The molecule has 3 aromatic rings. The van der Waals surface area contributed by atoms with E-state index in [2.05, 4.69) is 20.7 Å². The van der Waals surface area contributed by atoms with Crippen LogP contribution in [-0.2, 0) is 26.2 Å². The minimum absolute atomic E-state index is 0.0708. The van der Waals surface area contributed by atoms with Gasteiger partial charge in [-0.05, 0) is 39.3 Å². The van der Waals surface area contributed by atoms with Crippen molar-refractivity contribution >= 4 is 41.0 Å². The fourth-order valence-electron chi connectivity index (χ4n) is 4.53. The number of halogens is 5. The molecule has 0 saturated carbocycles. The third-order valence-corrected chi connectivity index (χ3v) is 7.16. The molecule has 214 valence electrons. The fraction of sp³-hybridized carbons (Fsp3) is 0.400. The maximum Gasteiger partial charge on any atom is 0.419 e. The molecule has 1 aliphatic rings. The van der Waals surface area contributed by atoms with Gasteiger partial charge in [-0.25, -0.2) is 9.55 Å². The molecule has 1 atom stereocenters. The highest BCUT2D eigenvalue weighted by Crippen LogP contribution is 2.41. The summed E-state index contributed by atoms with van der Waals surface area (Å²) in [6, 6.07) is 2.84. The molecule has 0 spiro atoms. The number of rotatable bonds is 5. The molecule has 2 amide bonds. The van der Waals surface area contributed by atoms with Crippen molar-refractivity contribution in [2.75, 3.05) is 12.4 Å². The van der Waals surface area contributed by atoms with Gasteiger partial charge in [0.25, 0.3) is 17.4 Å². The number of aromatic nitrogens is 4. The minimum atomic E-state index is -4.86. The van der Waals surface area contributed by atoms with Gasteiger partial charge in [0.05, 0.1) is 33.4 Å². The smallest absolute Gasteiger partial charge is 0.354 e. The van der Waals surface area contributed by atoms with Gasteiger partial charge < -0.3 is 15.5 Å². The van der Waals surface area contributed by atoms with Gasteiger partial charge in [0, 0.05) is 37.8 Å². The van der Waals surface area contributed by atoms with Crippen LogP contribution in [0.5, 0.6) is 0 Å². The van der Waals surface area contributed by atoms with Crippen molar-refractivity contribution in [1.82, 2.24) is 29.5 Å². The Kier molecular flexibility index (Phi) is 7.92. The topological polar surface area (TPSA) is 114 Å². The molecule has 0 aliphatic carbocycles. The molecule has 4 rings (SSSR count). The van der Waals surface area contributed by atoms with Gasteiger partial charge in [-0.1, -0.05) is 23.2 Å². The Balaban J connectivity index is 1.80. The van der Waals surface area contributed by atoms with E-state index in [1.54, 1.807) is 14.0 Å². The predicted molar refractivity (Wildman–Crippen MR) is 143 cm³/mol. The van der Waals surface area contributed by atoms with Crippen molar-refractivity contribution in [3.63, 3.8) is 0 Å². The Morgan fingerprint density at radius 1 is 1.20 bits per heavy atom. The maximum absolute atomic E-state index is 13.8. The molecule has 0 radical (unpaired) electrons. The number of hydrogen-bond donors (Lipinski definition) is 2. The van der Waals surface area contributed by atoms with Crippen molar-refractivity contribution in [3.05, 3.63) is 66.7 Å². The van der Waals surface area contributed by atoms with Crippen LogP contribution >= 0.6 is 23.2 Å². The van der Waals surface area contributed by atoms with E-state index < -0.39 is 45.2 Å². The van der Waals surface area contributed by atoms with Crippen LogP contribution in [0, 0.1) is 0 Å². The SMILES string of the molecule is CNC(=O)c1cc(-n2c(NC(C)C)nc3c(c2=O)C[C@@H](C)N(C(=O)c2ccc(Cl)c(C(F)(F)F)c2Cl)C3)nn1C. The van der Waals surface area contributed by atoms with Crippen LogP contribution in [0.15, 0.2) is 23.0 Å². The Bertz CT molecular complexity index is 1570. The van der Waals surface area contributed by atoms with Gasteiger partial charge in [-0.2, -0.15) is 18.3 Å². The molecular weight excluding hydrogens is 574 g/mol. The van der Waals surface area contributed by atoms with Crippen LogP contribution in [0.25, 0.3) is 5.82 Å². The number of hydrogen-bond acceptors (Lipinski definition) is 6. The van der Waals surface area contributed by atoms with Crippen LogP contribution in [0.1, 0.15) is 58.4 Å². The largest absolute Gasteiger partial charge is 0.419 e. The lowest BCUT2D eigenvalue weighted by Crippen LogP contribution is -2.46. The molecule has 2 N–H and O–H groups in total. The summed E-state index contributed by atoms with van der Waals surface area (Å²) in [4.78, 5) is 45.4. The van der Waals surface area contributed by atoms with Crippen LogP contribution in [0.3, 0.4) is 0 Å². The number of nitrogens with zero attached hydrogens (tertiary/aromatic N) is 5. The van der Waals surface area contributed by atoms with Crippen LogP contribution in [0.2, 0.25) is 10.0 Å². The third-order valence-electron chi connectivity index (χ3n) is 6.45. The number of amides is 2. The Morgan fingerprint density at radius 3 is 2.48 bits per heavy atom. The summed E-state index contributed by atoms with van der Waals surface area (Å²) < 4.78 is 43.3. The standard InChI is InChI=1S/C25H26Cl2F3N7O3/c1-11(2)32-24-33-16-10-36(22(39)13-6-7-15(26)19(20(13)27)25(28,29)30)12(3)8-14(16)23(40)37(24)18-9-17(21(38)31-4)35(5)34-18/h6-7,9,11-12H,8,10H2,1-5H3,(H,31,38)(H,32,33)/t12-/m1/s1. The molecule has 0 bridgehead atoms. The summed E-state index contributed by atoms with van der Waals surface area (Å²) in [7, 11) is 3.04. The molecule has 40 heavy (non-hydrogen) atoms. The van der Waals surface area contributed by atoms with E-state index >= 15 is 0 Å². The first-order valence-corrected chi connectivity index (χ1v) is 12.9. The second kappa shape index (κ2) is 10.8. The molecule has 10 nitrogen and oxygen atoms in total. The number of benzene rings is 1. The summed E-state index contributed by atoms with van der Waals surface area (Å²) >= 11 is 11.8. The predicted octanol–water partition coefficient (Wildman–Crippen LogP) is 4.06. The Hall–Kier alpha value is -3.58. The first-order valence-electron chi connectivity index (χ1n) is 12.2. The second-order valence-electron chi connectivity index (χ2n) is 9.66. The number of nitrogens with one attached hydrogen (secondary N) is 2. The summed E-state index contributed by atoms with van der Waals surface area (Å²) in [6.45, 7) is 5.19. The van der Waals surface area contributed by atoms with E-state index in [1.807, 2.05) is 13.8 Å². The highest BCUT2D eigenvalue weighted by molar-refractivity contribution is 6.38. The summed E-state index contributed by atoms with van der Waals surface area (Å²) in [5, 5.41) is 8.53. The van der Waals surface area contributed by atoms with Crippen molar-refractivity contribution in [3.8, 4) is 5.82 Å². The molecular formula is C25H26Cl2F3N7O3. The van der Waals surface area contributed by atoms with Gasteiger partial charge in [0.15, 0.2) is 5.82 Å². The van der Waals surface area contributed by atoms with Gasteiger partial charge in [-0.15, -0.1) is 0 Å². The number of alkyl halides is 3. The Morgan fingerprint density at radius 2 is 1.88 bits per heavy atom. The summed E-state index contributed by atoms with van der Waals surface area (Å²) in [6.07, 6.45) is -4.79. The number of carbonyl (C=O) groups is 2. The van der Waals surface area contributed by atoms with Gasteiger partial charge in [-0.3, -0.25) is 19.1 Å². The van der Waals surface area contributed by atoms with Crippen molar-refractivity contribution in [2.45, 2.75) is 52.0 Å². The Labute approximate surface area is 237 Å². The molecule has 0 saturated heterocycles. The second-order valence-corrected chi connectivity index (χ2v) is 10.4. The summed E-state index contributed by atoms with van der Waals surface area (Å²) in [5.41, 5.74) is -1.28. The normalized spacial score (nSPS) is 15.3. The average molecular weight is 600 g/mol. The molecule has 3 heterocycles. The first kappa shape index (κ1) is 29.4. The fourth-order valence-corrected chi connectivity index (χ4v) is 5.20. The van der Waals surface area contributed by atoms with Crippen LogP contribution < -0.4 is 16.2 Å². The van der Waals surface area contributed by atoms with Crippen molar-refractivity contribution < 1.29 is 22.8 Å². The molecule has 1 aliphatic heterocycles. The highest BCUT2D eigenvalue weighted by atomic mass is 35.5. The highest BCUT2D eigenvalue weighted by Gasteiger charge is 2.39. The van der Waals surface area contributed by atoms with Crippen molar-refractivity contribution in [1.29, 1.82) is 0 Å². The summed E-state index contributed by atoms with van der Waals surface area (Å²) in [5.74, 6) is -0.847. The van der Waals surface area contributed by atoms with E-state index in [9.17, 15) is 27.6 Å².